The molecule has 0 bridgehead atoms. The second-order valence-corrected chi connectivity index (χ2v) is 6.38. The largest absolute Gasteiger partial charge is 0.348 e. The van der Waals surface area contributed by atoms with Gasteiger partial charge in [-0.25, -0.2) is 4.39 Å². The van der Waals surface area contributed by atoms with Gasteiger partial charge in [0, 0.05) is 18.2 Å². The average Bonchev–Trinajstić information content (AvgIpc) is 2.74. The Kier molecular flexibility index (Phi) is 6.52. The van der Waals surface area contributed by atoms with E-state index in [1.807, 2.05) is 36.4 Å². The number of nitrogens with one attached hydrogen (secondary N) is 2. The highest BCUT2D eigenvalue weighted by molar-refractivity contribution is 6.39. The molecular weight excluding hydrogens is 355 g/mol. The lowest BCUT2D eigenvalue weighted by atomic mass is 9.88. The minimum Gasteiger partial charge on any atom is -0.348 e. The molecule has 142 valence electrons. The molecule has 3 aromatic carbocycles. The molecule has 3 rings (SSSR count). The van der Waals surface area contributed by atoms with Gasteiger partial charge in [-0.2, -0.15) is 0 Å². The molecule has 2 amide bonds. The van der Waals surface area contributed by atoms with E-state index >= 15 is 0 Å². The second kappa shape index (κ2) is 9.46. The van der Waals surface area contributed by atoms with Gasteiger partial charge in [0.15, 0.2) is 0 Å². The Morgan fingerprint density at radius 3 is 1.82 bits per heavy atom. The standard InChI is InChI=1S/C23H21FN2O2/c24-19-11-13-20(14-12-19)26-23(28)22(27)25-16-15-21(17-7-3-1-4-8-17)18-9-5-2-6-10-18/h1-14,21H,15-16H2,(H,25,27)(H,26,28). The molecule has 3 aromatic rings. The highest BCUT2D eigenvalue weighted by Gasteiger charge is 2.17. The first-order chi connectivity index (χ1) is 13.6. The third-order valence-corrected chi connectivity index (χ3v) is 4.43. The molecule has 5 heteroatoms. The van der Waals surface area contributed by atoms with Gasteiger partial charge in [-0.05, 0) is 41.8 Å². The zero-order chi connectivity index (χ0) is 19.8. The molecule has 0 heterocycles. The Hall–Kier alpha value is -3.47. The molecule has 28 heavy (non-hydrogen) atoms. The molecule has 0 aromatic heterocycles. The summed E-state index contributed by atoms with van der Waals surface area (Å²) in [4.78, 5) is 24.1. The van der Waals surface area contributed by atoms with Gasteiger partial charge >= 0.3 is 11.8 Å². The zero-order valence-corrected chi connectivity index (χ0v) is 15.3. The van der Waals surface area contributed by atoms with Crippen LogP contribution < -0.4 is 10.6 Å². The molecule has 0 saturated carbocycles. The lowest BCUT2D eigenvalue weighted by Crippen LogP contribution is -2.36. The number of halogens is 1. The van der Waals surface area contributed by atoms with Crippen LogP contribution in [0.25, 0.3) is 0 Å². The summed E-state index contributed by atoms with van der Waals surface area (Å²) in [5.41, 5.74) is 2.67. The predicted octanol–water partition coefficient (Wildman–Crippen LogP) is 4.10. The van der Waals surface area contributed by atoms with Gasteiger partial charge < -0.3 is 10.6 Å². The van der Waals surface area contributed by atoms with Gasteiger partial charge in [-0.1, -0.05) is 60.7 Å². The normalized spacial score (nSPS) is 10.5. The third-order valence-electron chi connectivity index (χ3n) is 4.43. The lowest BCUT2D eigenvalue weighted by Gasteiger charge is -2.18. The maximum absolute atomic E-state index is 12.9. The van der Waals surface area contributed by atoms with Gasteiger partial charge in [-0.3, -0.25) is 9.59 Å². The smallest absolute Gasteiger partial charge is 0.313 e. The molecule has 0 aliphatic rings. The van der Waals surface area contributed by atoms with Crippen molar-refractivity contribution in [2.24, 2.45) is 0 Å². The van der Waals surface area contributed by atoms with Crippen LogP contribution in [0.2, 0.25) is 0 Å². The Morgan fingerprint density at radius 2 is 1.29 bits per heavy atom. The molecular formula is C23H21FN2O2. The summed E-state index contributed by atoms with van der Waals surface area (Å²) in [5, 5.41) is 5.11. The van der Waals surface area contributed by atoms with Crippen LogP contribution in [0.5, 0.6) is 0 Å². The van der Waals surface area contributed by atoms with Crippen molar-refractivity contribution in [2.45, 2.75) is 12.3 Å². The van der Waals surface area contributed by atoms with Crippen molar-refractivity contribution in [2.75, 3.05) is 11.9 Å². The molecule has 0 aliphatic heterocycles. The summed E-state index contributed by atoms with van der Waals surface area (Å²) in [5.74, 6) is -1.79. The molecule has 0 fully saturated rings. The van der Waals surface area contributed by atoms with Gasteiger partial charge in [0.25, 0.3) is 0 Å². The van der Waals surface area contributed by atoms with E-state index in [1.54, 1.807) is 0 Å². The first kappa shape index (κ1) is 19.3. The molecule has 0 atom stereocenters. The number of benzene rings is 3. The van der Waals surface area contributed by atoms with Crippen molar-refractivity contribution in [1.82, 2.24) is 5.32 Å². The molecule has 0 spiro atoms. The molecule has 2 N–H and O–H groups in total. The minimum atomic E-state index is -0.775. The van der Waals surface area contributed by atoms with E-state index in [-0.39, 0.29) is 5.92 Å². The van der Waals surface area contributed by atoms with E-state index < -0.39 is 17.6 Å². The van der Waals surface area contributed by atoms with Gasteiger partial charge in [0.2, 0.25) is 0 Å². The lowest BCUT2D eigenvalue weighted by molar-refractivity contribution is -0.136. The fourth-order valence-corrected chi connectivity index (χ4v) is 3.03. The number of amides is 2. The molecule has 0 saturated heterocycles. The number of carbonyl (C=O) groups is 2. The topological polar surface area (TPSA) is 58.2 Å². The average molecular weight is 376 g/mol. The first-order valence-electron chi connectivity index (χ1n) is 9.08. The Morgan fingerprint density at radius 1 is 0.750 bits per heavy atom. The maximum atomic E-state index is 12.9. The second-order valence-electron chi connectivity index (χ2n) is 6.38. The van der Waals surface area contributed by atoms with Gasteiger partial charge in [0.1, 0.15) is 5.82 Å². The SMILES string of the molecule is O=C(NCCC(c1ccccc1)c1ccccc1)C(=O)Nc1ccc(F)cc1. The number of carbonyl (C=O) groups excluding carboxylic acids is 2. The maximum Gasteiger partial charge on any atom is 0.313 e. The molecule has 0 radical (unpaired) electrons. The molecule has 0 aliphatic carbocycles. The van der Waals surface area contributed by atoms with Crippen molar-refractivity contribution >= 4 is 17.5 Å². The van der Waals surface area contributed by atoms with E-state index in [1.165, 1.54) is 24.3 Å². The number of rotatable bonds is 6. The number of anilines is 1. The van der Waals surface area contributed by atoms with E-state index in [2.05, 4.69) is 34.9 Å². The summed E-state index contributed by atoms with van der Waals surface area (Å²) in [7, 11) is 0. The van der Waals surface area contributed by atoms with Gasteiger partial charge in [-0.15, -0.1) is 0 Å². The van der Waals surface area contributed by atoms with Crippen LogP contribution in [0.3, 0.4) is 0 Å². The van der Waals surface area contributed by atoms with Crippen LogP contribution in [-0.4, -0.2) is 18.4 Å². The van der Waals surface area contributed by atoms with Crippen molar-refractivity contribution in [3.63, 3.8) is 0 Å². The van der Waals surface area contributed by atoms with Crippen LogP contribution in [-0.2, 0) is 9.59 Å². The summed E-state index contributed by atoms with van der Waals surface area (Å²) in [6.07, 6.45) is 0.656. The highest BCUT2D eigenvalue weighted by Crippen LogP contribution is 2.27. The van der Waals surface area contributed by atoms with E-state index in [0.717, 1.165) is 11.1 Å². The highest BCUT2D eigenvalue weighted by atomic mass is 19.1. The fraction of sp³-hybridized carbons (Fsp3) is 0.130. The van der Waals surface area contributed by atoms with Crippen LogP contribution >= 0.6 is 0 Å². The first-order valence-corrected chi connectivity index (χ1v) is 9.08. The predicted molar refractivity (Wildman–Crippen MR) is 107 cm³/mol. The summed E-state index contributed by atoms with van der Waals surface area (Å²) in [6, 6.07) is 25.3. The van der Waals surface area contributed by atoms with Gasteiger partial charge in [0.05, 0.1) is 0 Å². The van der Waals surface area contributed by atoms with Crippen molar-refractivity contribution in [3.05, 3.63) is 102 Å². The van der Waals surface area contributed by atoms with Crippen molar-refractivity contribution in [3.8, 4) is 0 Å². The van der Waals surface area contributed by atoms with Crippen molar-refractivity contribution in [1.29, 1.82) is 0 Å². The summed E-state index contributed by atoms with van der Waals surface area (Å²) < 4.78 is 12.9. The zero-order valence-electron chi connectivity index (χ0n) is 15.3. The monoisotopic (exact) mass is 376 g/mol. The fourth-order valence-electron chi connectivity index (χ4n) is 3.03. The van der Waals surface area contributed by atoms with E-state index in [4.69, 9.17) is 0 Å². The van der Waals surface area contributed by atoms with E-state index in [0.29, 0.717) is 18.7 Å². The quantitative estimate of drug-likeness (QED) is 0.636. The third kappa shape index (κ3) is 5.27. The van der Waals surface area contributed by atoms with Crippen LogP contribution in [0.1, 0.15) is 23.5 Å². The van der Waals surface area contributed by atoms with E-state index in [9.17, 15) is 14.0 Å². The number of hydrogen-bond donors (Lipinski definition) is 2. The van der Waals surface area contributed by atoms with Crippen LogP contribution in [0.15, 0.2) is 84.9 Å². The summed E-state index contributed by atoms with van der Waals surface area (Å²) in [6.45, 7) is 0.351. The molecule has 0 unspecified atom stereocenters. The Balaban J connectivity index is 1.58. The Labute approximate surface area is 163 Å². The van der Waals surface area contributed by atoms with Crippen LogP contribution in [0.4, 0.5) is 10.1 Å². The van der Waals surface area contributed by atoms with Crippen molar-refractivity contribution < 1.29 is 14.0 Å². The minimum absolute atomic E-state index is 0.114. The molecule has 4 nitrogen and oxygen atoms in total. The Bertz CT molecular complexity index is 873. The summed E-state index contributed by atoms with van der Waals surface area (Å²) >= 11 is 0. The van der Waals surface area contributed by atoms with Crippen LogP contribution in [0, 0.1) is 5.82 Å². The number of hydrogen-bond acceptors (Lipinski definition) is 2.